The van der Waals surface area contributed by atoms with Gasteiger partial charge in [0, 0.05) is 20.8 Å². The van der Waals surface area contributed by atoms with Crippen molar-refractivity contribution in [3.63, 3.8) is 0 Å². The summed E-state index contributed by atoms with van der Waals surface area (Å²) in [6, 6.07) is 8.61. The van der Waals surface area contributed by atoms with Crippen molar-refractivity contribution in [1.82, 2.24) is 0 Å². The molecule has 1 rings (SSSR count). The normalized spacial score (nSPS) is 14.6. The largest absolute Gasteiger partial charge is 0.454 e. The third kappa shape index (κ3) is 6.95. The molecule has 0 spiro atoms. The second-order valence-corrected chi connectivity index (χ2v) is 5.57. The van der Waals surface area contributed by atoms with E-state index in [1.165, 1.54) is 0 Å². The van der Waals surface area contributed by atoms with Gasteiger partial charge in [0.2, 0.25) is 6.10 Å². The monoisotopic (exact) mass is 398 g/mol. The molecule has 0 aliphatic heterocycles. The molecule has 0 heterocycles. The van der Waals surface area contributed by atoms with E-state index in [1.807, 2.05) is 0 Å². The predicted octanol–water partition coefficient (Wildman–Crippen LogP) is -0.490. The fourth-order valence-corrected chi connectivity index (χ4v) is 2.03. The van der Waals surface area contributed by atoms with E-state index < -0.39 is 42.2 Å². The second kappa shape index (κ2) is 10.3. The predicted molar refractivity (Wildman–Crippen MR) is 94.6 cm³/mol. The molecule has 0 aliphatic carbocycles. The third-order valence-electron chi connectivity index (χ3n) is 3.09. The van der Waals surface area contributed by atoms with Gasteiger partial charge in [-0.15, -0.1) is 0 Å². The highest BCUT2D eigenvalue weighted by molar-refractivity contribution is 5.71. The molecule has 0 aromatic heterocycles. The SMILES string of the molecule is CC(=O)OC(OC(C)=O)(OC(C)=O)[C@H](O)[C@H](O)[C@@H](O)C=NNc1ccccc1. The fourth-order valence-electron chi connectivity index (χ4n) is 2.03. The molecule has 1 aromatic rings. The van der Waals surface area contributed by atoms with Crippen LogP contribution in [-0.4, -0.2) is 63.7 Å². The highest BCUT2D eigenvalue weighted by atomic mass is 16.9. The Balaban J connectivity index is 3.00. The number of anilines is 1. The van der Waals surface area contributed by atoms with E-state index in [0.717, 1.165) is 27.0 Å². The molecule has 154 valence electrons. The Morgan fingerprint density at radius 2 is 1.43 bits per heavy atom. The van der Waals surface area contributed by atoms with Gasteiger partial charge in [0.1, 0.15) is 12.2 Å². The first-order valence-corrected chi connectivity index (χ1v) is 8.04. The van der Waals surface area contributed by atoms with Gasteiger partial charge in [-0.05, 0) is 12.1 Å². The Morgan fingerprint density at radius 3 is 1.86 bits per heavy atom. The van der Waals surface area contributed by atoms with E-state index in [0.29, 0.717) is 5.69 Å². The summed E-state index contributed by atoms with van der Waals surface area (Å²) in [6.45, 7) is 2.67. The number of carbonyl (C=O) groups excluding carboxylic acids is 3. The number of para-hydroxylation sites is 1. The van der Waals surface area contributed by atoms with Gasteiger partial charge in [-0.25, -0.2) is 0 Å². The van der Waals surface area contributed by atoms with Gasteiger partial charge >= 0.3 is 23.9 Å². The zero-order valence-electron chi connectivity index (χ0n) is 15.4. The molecule has 11 nitrogen and oxygen atoms in total. The summed E-state index contributed by atoms with van der Waals surface area (Å²) in [5, 5.41) is 34.2. The summed E-state index contributed by atoms with van der Waals surface area (Å²) in [7, 11) is 0. The maximum atomic E-state index is 11.4. The van der Waals surface area contributed by atoms with Crippen LogP contribution in [0.15, 0.2) is 35.4 Å². The summed E-state index contributed by atoms with van der Waals surface area (Å²) in [6.07, 6.45) is -5.48. The van der Waals surface area contributed by atoms with Crippen molar-refractivity contribution in [3.8, 4) is 0 Å². The molecular formula is C17H22N2O9. The van der Waals surface area contributed by atoms with Crippen LogP contribution in [0.4, 0.5) is 5.69 Å². The molecule has 28 heavy (non-hydrogen) atoms. The Kier molecular flexibility index (Phi) is 8.51. The van der Waals surface area contributed by atoms with Crippen LogP contribution < -0.4 is 5.43 Å². The number of nitrogens with one attached hydrogen (secondary N) is 1. The first-order valence-electron chi connectivity index (χ1n) is 8.04. The average molecular weight is 398 g/mol. The number of aliphatic hydroxyl groups excluding tert-OH is 3. The molecule has 11 heteroatoms. The average Bonchev–Trinajstić information content (AvgIpc) is 2.59. The van der Waals surface area contributed by atoms with E-state index in [4.69, 9.17) is 0 Å². The lowest BCUT2D eigenvalue weighted by atomic mass is 10.1. The van der Waals surface area contributed by atoms with Crippen molar-refractivity contribution in [2.24, 2.45) is 5.10 Å². The lowest BCUT2D eigenvalue weighted by Crippen LogP contribution is -2.59. The molecule has 0 fully saturated rings. The summed E-state index contributed by atoms with van der Waals surface area (Å²) in [4.78, 5) is 34.1. The molecule has 0 aliphatic rings. The number of nitrogens with zero attached hydrogens (tertiary/aromatic N) is 1. The highest BCUT2D eigenvalue weighted by Crippen LogP contribution is 2.25. The number of hydrogen-bond acceptors (Lipinski definition) is 11. The molecule has 3 atom stereocenters. The van der Waals surface area contributed by atoms with E-state index in [-0.39, 0.29) is 0 Å². The summed E-state index contributed by atoms with van der Waals surface area (Å²) in [5.74, 6) is -6.28. The van der Waals surface area contributed by atoms with Crippen molar-refractivity contribution < 1.29 is 43.9 Å². The zero-order chi connectivity index (χ0) is 21.3. The van der Waals surface area contributed by atoms with E-state index >= 15 is 0 Å². The second-order valence-electron chi connectivity index (χ2n) is 5.57. The third-order valence-corrected chi connectivity index (χ3v) is 3.09. The number of hydrazone groups is 1. The smallest absolute Gasteiger partial charge is 0.387 e. The van der Waals surface area contributed by atoms with E-state index in [2.05, 4.69) is 24.7 Å². The summed E-state index contributed by atoms with van der Waals surface area (Å²) in [5.41, 5.74) is 3.14. The Hall–Kier alpha value is -3.02. The van der Waals surface area contributed by atoms with Crippen LogP contribution in [0.3, 0.4) is 0 Å². The molecule has 0 amide bonds. The number of aliphatic hydroxyl groups is 3. The van der Waals surface area contributed by atoms with Crippen molar-refractivity contribution in [3.05, 3.63) is 30.3 Å². The lowest BCUT2D eigenvalue weighted by Gasteiger charge is -2.36. The number of carbonyl (C=O) groups is 3. The zero-order valence-corrected chi connectivity index (χ0v) is 15.4. The van der Waals surface area contributed by atoms with Crippen molar-refractivity contribution in [2.75, 3.05) is 5.43 Å². The van der Waals surface area contributed by atoms with Crippen LogP contribution in [0.1, 0.15) is 20.8 Å². The fraction of sp³-hybridized carbons (Fsp3) is 0.412. The Labute approximate surface area is 160 Å². The first-order chi connectivity index (χ1) is 13.1. The maximum Gasteiger partial charge on any atom is 0.454 e. The van der Waals surface area contributed by atoms with Crippen LogP contribution in [0.25, 0.3) is 0 Å². The Morgan fingerprint density at radius 1 is 0.964 bits per heavy atom. The van der Waals surface area contributed by atoms with E-state index in [9.17, 15) is 29.7 Å². The molecule has 4 N–H and O–H groups in total. The summed E-state index contributed by atoms with van der Waals surface area (Å²) >= 11 is 0. The van der Waals surface area contributed by atoms with Crippen molar-refractivity contribution in [1.29, 1.82) is 0 Å². The van der Waals surface area contributed by atoms with Gasteiger partial charge < -0.3 is 29.5 Å². The van der Waals surface area contributed by atoms with Gasteiger partial charge in [-0.2, -0.15) is 5.10 Å². The highest BCUT2D eigenvalue weighted by Gasteiger charge is 2.54. The summed E-state index contributed by atoms with van der Waals surface area (Å²) < 4.78 is 14.0. The Bertz CT molecular complexity index is 667. The molecule has 1 aromatic carbocycles. The number of benzene rings is 1. The van der Waals surface area contributed by atoms with Gasteiger partial charge in [0.05, 0.1) is 11.9 Å². The number of rotatable bonds is 9. The molecule has 0 saturated carbocycles. The lowest BCUT2D eigenvalue weighted by molar-refractivity contribution is -0.373. The van der Waals surface area contributed by atoms with Crippen molar-refractivity contribution in [2.45, 2.75) is 45.1 Å². The molecule has 0 unspecified atom stereocenters. The number of ether oxygens (including phenoxy) is 3. The quantitative estimate of drug-likeness (QED) is 0.185. The topological polar surface area (TPSA) is 164 Å². The minimum atomic E-state index is -3.00. The van der Waals surface area contributed by atoms with E-state index in [1.54, 1.807) is 30.3 Å². The number of esters is 3. The van der Waals surface area contributed by atoms with Crippen LogP contribution in [0.5, 0.6) is 0 Å². The standard InChI is InChI=1S/C17H22N2O9/c1-10(20)26-17(27-11(2)21,28-12(3)22)16(25)15(24)14(23)9-18-19-13-7-5-4-6-8-13/h4-9,14-16,19,23-25H,1-3H3/t14-,15+,16+/m0/s1. The minimum absolute atomic E-state index is 0.579. The van der Waals surface area contributed by atoms with Crippen LogP contribution >= 0.6 is 0 Å². The van der Waals surface area contributed by atoms with Crippen molar-refractivity contribution >= 4 is 29.8 Å². The van der Waals surface area contributed by atoms with Gasteiger partial charge in [0.25, 0.3) is 0 Å². The molecule has 0 saturated heterocycles. The minimum Gasteiger partial charge on any atom is -0.387 e. The molecule has 0 radical (unpaired) electrons. The molecular weight excluding hydrogens is 376 g/mol. The van der Waals surface area contributed by atoms with Gasteiger partial charge in [0.15, 0.2) is 0 Å². The van der Waals surface area contributed by atoms with Gasteiger partial charge in [-0.1, -0.05) is 18.2 Å². The molecule has 0 bridgehead atoms. The first kappa shape index (κ1) is 23.0. The van der Waals surface area contributed by atoms with Gasteiger partial charge in [-0.3, -0.25) is 19.8 Å². The van der Waals surface area contributed by atoms with Crippen LogP contribution in [0.2, 0.25) is 0 Å². The maximum absolute atomic E-state index is 11.4. The van der Waals surface area contributed by atoms with Crippen LogP contribution in [-0.2, 0) is 28.6 Å². The van der Waals surface area contributed by atoms with Crippen LogP contribution in [0, 0.1) is 0 Å². The number of hydrogen-bond donors (Lipinski definition) is 4.